The first-order valence-electron chi connectivity index (χ1n) is 6.80. The van der Waals surface area contributed by atoms with Crippen molar-refractivity contribution >= 4 is 5.70 Å². The summed E-state index contributed by atoms with van der Waals surface area (Å²) in [5.41, 5.74) is 2.74. The second kappa shape index (κ2) is 9.31. The molecule has 0 aromatic heterocycles. The van der Waals surface area contributed by atoms with Crippen molar-refractivity contribution in [2.75, 3.05) is 20.4 Å². The quantitative estimate of drug-likeness (QED) is 0.540. The van der Waals surface area contributed by atoms with Crippen LogP contribution in [0, 0.1) is 6.08 Å². The minimum atomic E-state index is -2.45. The van der Waals surface area contributed by atoms with Gasteiger partial charge in [0.25, 0.3) is 6.43 Å². The maximum atomic E-state index is 12.8. The molecule has 1 heterocycles. The van der Waals surface area contributed by atoms with Crippen LogP contribution in [-0.2, 0) is 37.4 Å². The van der Waals surface area contributed by atoms with Crippen LogP contribution in [0.5, 0.6) is 5.75 Å². The molecule has 0 bridgehead atoms. The normalized spacial score (nSPS) is 14.3. The van der Waals surface area contributed by atoms with Gasteiger partial charge in [-0.2, -0.15) is 12.2 Å². The van der Waals surface area contributed by atoms with Crippen LogP contribution >= 0.6 is 0 Å². The second-order valence-electron chi connectivity index (χ2n) is 4.84. The van der Waals surface area contributed by atoms with Gasteiger partial charge in [-0.15, -0.1) is 17.7 Å². The van der Waals surface area contributed by atoms with Crippen molar-refractivity contribution in [1.29, 1.82) is 0 Å². The van der Waals surface area contributed by atoms with E-state index < -0.39 is 13.0 Å². The second-order valence-corrected chi connectivity index (χ2v) is 4.84. The van der Waals surface area contributed by atoms with Crippen molar-refractivity contribution < 1.29 is 51.0 Å². The van der Waals surface area contributed by atoms with Crippen LogP contribution in [0.15, 0.2) is 48.2 Å². The molecule has 2 rings (SSSR count). The maximum Gasteiger partial charge on any atom is 0.256 e. The molecule has 0 amide bonds. The van der Waals surface area contributed by atoms with Gasteiger partial charge in [0.05, 0.1) is 6.54 Å². The molecule has 0 unspecified atom stereocenters. The fourth-order valence-corrected chi connectivity index (χ4v) is 2.10. The summed E-state index contributed by atoms with van der Waals surface area (Å²) in [6, 6.07) is 7.12. The predicted molar refractivity (Wildman–Crippen MR) is 81.2 cm³/mol. The van der Waals surface area contributed by atoms with Crippen LogP contribution in [0.2, 0.25) is 0 Å². The van der Waals surface area contributed by atoms with E-state index in [4.69, 9.17) is 9.47 Å². The van der Waals surface area contributed by atoms with Crippen LogP contribution in [0.3, 0.4) is 0 Å². The zero-order valence-corrected chi connectivity index (χ0v) is 16.0. The number of allylic oxidation sites excluding steroid dienone is 3. The first-order valence-corrected chi connectivity index (χ1v) is 6.80. The average Bonchev–Trinajstić information content (AvgIpc) is 2.50. The molecule has 1 radical (unpaired) electrons. The molecule has 0 atom stereocenters. The minimum Gasteiger partial charge on any atom is -0.468 e. The zero-order valence-electron chi connectivity index (χ0n) is 13.2. The van der Waals surface area contributed by atoms with E-state index in [9.17, 15) is 8.78 Å². The third-order valence-electron chi connectivity index (χ3n) is 3.27. The van der Waals surface area contributed by atoms with E-state index in [2.05, 4.69) is 12.7 Å². The number of alkyl halides is 2. The monoisotopic (exact) mass is 395 g/mol. The Hall–Kier alpha value is -1.04. The summed E-state index contributed by atoms with van der Waals surface area (Å²) < 4.78 is 35.8. The largest absolute Gasteiger partial charge is 0.468 e. The Bertz CT molecular complexity index is 597. The van der Waals surface area contributed by atoms with Crippen LogP contribution in [0.1, 0.15) is 12.5 Å². The molecule has 1 aliphatic heterocycles. The molecular formula is C17H18F2NO2Y-. The molecule has 0 spiro atoms. The van der Waals surface area contributed by atoms with Crippen molar-refractivity contribution in [2.45, 2.75) is 13.3 Å². The molecule has 0 aliphatic carbocycles. The van der Waals surface area contributed by atoms with Crippen LogP contribution in [0.25, 0.3) is 5.70 Å². The zero-order chi connectivity index (χ0) is 16.1. The fraction of sp³-hybridized carbons (Fsp3) is 0.294. The van der Waals surface area contributed by atoms with Crippen LogP contribution < -0.4 is 4.74 Å². The smallest absolute Gasteiger partial charge is 0.256 e. The Morgan fingerprint density at radius 2 is 1.91 bits per heavy atom. The summed E-state index contributed by atoms with van der Waals surface area (Å²) in [5, 5.41) is 0. The molecule has 121 valence electrons. The van der Waals surface area contributed by atoms with Gasteiger partial charge in [-0.3, -0.25) is 0 Å². The molecule has 0 N–H and O–H groups in total. The molecule has 0 fully saturated rings. The maximum absolute atomic E-state index is 12.8. The van der Waals surface area contributed by atoms with Gasteiger partial charge in [0.15, 0.2) is 6.79 Å². The standard InChI is InChI=1S/C17H18F2NO2.Y/c1-12-4-9-16(20(13(12)2)10-17(18)19)14-5-7-15(8-6-14)22-11-21-3;/h4-8,17H,2,10-11H2,1,3H3;/q-1;. The number of halogens is 2. The molecule has 1 aromatic rings. The van der Waals surface area contributed by atoms with Gasteiger partial charge >= 0.3 is 0 Å². The molecule has 23 heavy (non-hydrogen) atoms. The SMILES string of the molecule is C=C1C(C)=C[C-]=C(c2ccc(OCOC)cc2)N1CC(F)F.[Y]. The van der Waals surface area contributed by atoms with Gasteiger partial charge in [-0.05, 0) is 17.8 Å². The van der Waals surface area contributed by atoms with Crippen molar-refractivity contribution in [3.05, 3.63) is 59.8 Å². The van der Waals surface area contributed by atoms with E-state index >= 15 is 0 Å². The summed E-state index contributed by atoms with van der Waals surface area (Å²) >= 11 is 0. The van der Waals surface area contributed by atoms with Gasteiger partial charge in [-0.25, -0.2) is 8.78 Å². The fourth-order valence-electron chi connectivity index (χ4n) is 2.10. The Labute approximate surface area is 160 Å². The number of ether oxygens (including phenoxy) is 2. The molecular weight excluding hydrogens is 377 g/mol. The number of hydrogen-bond acceptors (Lipinski definition) is 3. The number of methoxy groups -OCH3 is 1. The van der Waals surface area contributed by atoms with Crippen LogP contribution in [-0.4, -0.2) is 31.8 Å². The van der Waals surface area contributed by atoms with E-state index in [1.807, 2.05) is 6.92 Å². The summed E-state index contributed by atoms with van der Waals surface area (Å²) in [4.78, 5) is 1.49. The number of benzene rings is 1. The van der Waals surface area contributed by atoms with Crippen molar-refractivity contribution in [1.82, 2.24) is 4.90 Å². The van der Waals surface area contributed by atoms with Gasteiger partial charge in [0.1, 0.15) is 5.75 Å². The third-order valence-corrected chi connectivity index (χ3v) is 3.27. The number of nitrogens with zero attached hydrogens (tertiary/aromatic N) is 1. The van der Waals surface area contributed by atoms with E-state index in [0.29, 0.717) is 17.1 Å². The van der Waals surface area contributed by atoms with E-state index in [1.54, 1.807) is 37.5 Å². The van der Waals surface area contributed by atoms with Crippen molar-refractivity contribution in [3.63, 3.8) is 0 Å². The number of hydrogen-bond donors (Lipinski definition) is 0. The predicted octanol–water partition coefficient (Wildman–Crippen LogP) is 3.85. The van der Waals surface area contributed by atoms with E-state index in [0.717, 1.165) is 11.1 Å². The Balaban J connectivity index is 0.00000264. The summed E-state index contributed by atoms with van der Waals surface area (Å²) in [5.74, 6) is 0.646. The first kappa shape index (κ1) is 20.0. The van der Waals surface area contributed by atoms with Crippen molar-refractivity contribution in [2.24, 2.45) is 0 Å². The van der Waals surface area contributed by atoms with E-state index in [-0.39, 0.29) is 39.5 Å². The topological polar surface area (TPSA) is 21.7 Å². The Morgan fingerprint density at radius 3 is 2.48 bits per heavy atom. The molecule has 0 saturated carbocycles. The number of rotatable bonds is 6. The average molecular weight is 395 g/mol. The Kier molecular flexibility index (Phi) is 8.10. The summed E-state index contributed by atoms with van der Waals surface area (Å²) in [6.07, 6.45) is 2.36. The molecule has 3 nitrogen and oxygen atoms in total. The Morgan fingerprint density at radius 1 is 1.26 bits per heavy atom. The summed E-state index contributed by atoms with van der Waals surface area (Å²) in [6.45, 7) is 5.46. The van der Waals surface area contributed by atoms with Crippen LogP contribution in [0.4, 0.5) is 8.78 Å². The van der Waals surface area contributed by atoms with Crippen molar-refractivity contribution in [3.8, 4) is 5.75 Å². The van der Waals surface area contributed by atoms with Gasteiger partial charge in [0.2, 0.25) is 0 Å². The minimum absolute atomic E-state index is 0. The van der Waals surface area contributed by atoms with Gasteiger partial charge in [0, 0.05) is 39.8 Å². The third kappa shape index (κ3) is 5.23. The van der Waals surface area contributed by atoms with Gasteiger partial charge in [-0.1, -0.05) is 24.8 Å². The van der Waals surface area contributed by atoms with Gasteiger partial charge < -0.3 is 14.4 Å². The molecule has 1 aromatic carbocycles. The first-order chi connectivity index (χ1) is 10.5. The molecule has 6 heteroatoms. The summed E-state index contributed by atoms with van der Waals surface area (Å²) in [7, 11) is 1.54. The van der Waals surface area contributed by atoms with E-state index in [1.165, 1.54) is 4.90 Å². The molecule has 1 aliphatic rings. The molecule has 0 saturated heterocycles.